The van der Waals surface area contributed by atoms with Crippen molar-refractivity contribution in [2.75, 3.05) is 33.0 Å². The van der Waals surface area contributed by atoms with Crippen LogP contribution in [0.15, 0.2) is 0 Å². The second kappa shape index (κ2) is 21.2. The monoisotopic (exact) mass is 666 g/mol. The third-order valence-corrected chi connectivity index (χ3v) is 8.30. The molecule has 2 aliphatic heterocycles. The maximum atomic E-state index is 12.4. The quantitative estimate of drug-likeness (QED) is 0.0579. The van der Waals surface area contributed by atoms with Crippen LogP contribution in [0.5, 0.6) is 0 Å². The van der Waals surface area contributed by atoms with Crippen LogP contribution in [0.1, 0.15) is 71.6 Å². The maximum Gasteiger partial charge on any atom is 0.220 e. The molecule has 0 aliphatic carbocycles. The van der Waals surface area contributed by atoms with E-state index in [9.17, 15) is 50.1 Å². The molecule has 16 heteroatoms. The van der Waals surface area contributed by atoms with Crippen molar-refractivity contribution >= 4 is 17.6 Å². The van der Waals surface area contributed by atoms with Gasteiger partial charge in [0.25, 0.3) is 0 Å². The van der Waals surface area contributed by atoms with E-state index in [-0.39, 0.29) is 50.3 Å². The zero-order valence-electron chi connectivity index (χ0n) is 26.7. The number of carbonyl (C=O) groups excluding carboxylic acids is 3. The van der Waals surface area contributed by atoms with Crippen LogP contribution in [0.4, 0.5) is 0 Å². The van der Waals surface area contributed by atoms with E-state index in [2.05, 4.69) is 10.6 Å². The predicted octanol–water partition coefficient (Wildman–Crippen LogP) is -2.40. The lowest BCUT2D eigenvalue weighted by atomic mass is 9.91. The molecule has 0 aromatic rings. The summed E-state index contributed by atoms with van der Waals surface area (Å²) in [5.74, 6) is -1.11. The molecule has 0 bridgehead atoms. The van der Waals surface area contributed by atoms with E-state index in [0.29, 0.717) is 51.5 Å². The van der Waals surface area contributed by atoms with Gasteiger partial charge in [-0.25, -0.2) is 0 Å². The Hall–Kier alpha value is -1.83. The molecule has 2 aliphatic rings. The van der Waals surface area contributed by atoms with Crippen molar-refractivity contribution in [2.45, 2.75) is 133 Å². The molecule has 2 saturated heterocycles. The number of carbonyl (C=O) groups is 3. The molecule has 268 valence electrons. The van der Waals surface area contributed by atoms with Gasteiger partial charge >= 0.3 is 0 Å². The number of hydrogen-bond donors (Lipinski definition) is 9. The Kier molecular flexibility index (Phi) is 18.6. The van der Waals surface area contributed by atoms with Gasteiger partial charge in [0, 0.05) is 38.5 Å². The normalized spacial score (nSPS) is 32.1. The largest absolute Gasteiger partial charge is 0.394 e. The second-order valence-electron chi connectivity index (χ2n) is 12.0. The second-order valence-corrected chi connectivity index (χ2v) is 12.0. The molecular formula is C30H54N2O14. The van der Waals surface area contributed by atoms with Gasteiger partial charge < -0.3 is 65.3 Å². The minimum Gasteiger partial charge on any atom is -0.394 e. The van der Waals surface area contributed by atoms with Crippen molar-refractivity contribution in [2.24, 2.45) is 5.92 Å². The Bertz CT molecular complexity index is 909. The number of nitrogens with one attached hydrogen (secondary N) is 2. The van der Waals surface area contributed by atoms with Gasteiger partial charge in [0.05, 0.1) is 25.4 Å². The first-order chi connectivity index (χ1) is 21.9. The van der Waals surface area contributed by atoms with Crippen LogP contribution in [0.3, 0.4) is 0 Å². The van der Waals surface area contributed by atoms with Gasteiger partial charge in [0.15, 0.2) is 18.4 Å². The molecule has 0 aromatic carbocycles. The van der Waals surface area contributed by atoms with Crippen LogP contribution in [0, 0.1) is 5.92 Å². The number of amides is 2. The van der Waals surface area contributed by atoms with Crippen molar-refractivity contribution in [1.29, 1.82) is 0 Å². The lowest BCUT2D eigenvalue weighted by molar-refractivity contribution is -0.301. The molecule has 2 heterocycles. The van der Waals surface area contributed by atoms with E-state index in [4.69, 9.17) is 18.9 Å². The summed E-state index contributed by atoms with van der Waals surface area (Å²) in [6.45, 7) is 2.87. The van der Waals surface area contributed by atoms with E-state index < -0.39 is 73.9 Å². The number of unbranched alkanes of at least 4 members (excludes halogenated alkanes) is 3. The van der Waals surface area contributed by atoms with Crippen molar-refractivity contribution in [3.05, 3.63) is 0 Å². The molecule has 11 unspecified atom stereocenters. The number of Topliss-reactive ketones (excluding diaryl/α,β-unsaturated/α-hetero) is 1. The molecule has 0 spiro atoms. The van der Waals surface area contributed by atoms with E-state index in [0.717, 1.165) is 0 Å². The zero-order chi connectivity index (χ0) is 34.2. The highest BCUT2D eigenvalue weighted by Gasteiger charge is 2.44. The van der Waals surface area contributed by atoms with Gasteiger partial charge in [0.2, 0.25) is 11.8 Å². The van der Waals surface area contributed by atoms with E-state index in [1.54, 1.807) is 6.92 Å². The third-order valence-electron chi connectivity index (χ3n) is 8.30. The topological polar surface area (TPSA) is 254 Å². The standard InChI is InChI=1S/C30H54N2O14/c1-17-24(38)20(15-33)45-29(25(17)39)43-13-7-4-10-22(36)31-12-6-3-9-19(18(2)35)32-23(37)11-5-8-14-44-30-28(42)27(41)26(40)21(16-34)46-30/h17,19-21,24-30,33-34,38-42H,3-16H2,1-2H3,(H,31,36)(H,32,37). The zero-order valence-corrected chi connectivity index (χ0v) is 26.7. The molecule has 2 amide bonds. The molecule has 2 fully saturated rings. The predicted molar refractivity (Wildman–Crippen MR) is 160 cm³/mol. The van der Waals surface area contributed by atoms with Gasteiger partial charge in [-0.2, -0.15) is 0 Å². The van der Waals surface area contributed by atoms with Crippen molar-refractivity contribution < 1.29 is 69.1 Å². The molecule has 0 saturated carbocycles. The van der Waals surface area contributed by atoms with Crippen LogP contribution in [-0.2, 0) is 33.3 Å². The highest BCUT2D eigenvalue weighted by molar-refractivity contribution is 5.87. The fourth-order valence-corrected chi connectivity index (χ4v) is 5.22. The van der Waals surface area contributed by atoms with Gasteiger partial charge in [-0.3, -0.25) is 14.4 Å². The van der Waals surface area contributed by atoms with Crippen LogP contribution >= 0.6 is 0 Å². The van der Waals surface area contributed by atoms with Gasteiger partial charge in [-0.05, 0) is 51.9 Å². The van der Waals surface area contributed by atoms with Crippen molar-refractivity contribution in [3.63, 3.8) is 0 Å². The van der Waals surface area contributed by atoms with E-state index in [1.165, 1.54) is 6.92 Å². The highest BCUT2D eigenvalue weighted by atomic mass is 16.7. The van der Waals surface area contributed by atoms with E-state index >= 15 is 0 Å². The molecule has 11 atom stereocenters. The number of aliphatic hydroxyl groups excluding tert-OH is 7. The van der Waals surface area contributed by atoms with Gasteiger partial charge in [-0.15, -0.1) is 0 Å². The highest BCUT2D eigenvalue weighted by Crippen LogP contribution is 2.27. The Morgan fingerprint density at radius 1 is 0.696 bits per heavy atom. The number of ether oxygens (including phenoxy) is 4. The summed E-state index contributed by atoms with van der Waals surface area (Å²) in [6, 6.07) is -0.640. The maximum absolute atomic E-state index is 12.4. The molecule has 0 aromatic heterocycles. The fraction of sp³-hybridized carbons (Fsp3) is 0.900. The minimum absolute atomic E-state index is 0.0993. The first kappa shape index (κ1) is 40.3. The van der Waals surface area contributed by atoms with Crippen LogP contribution in [0.25, 0.3) is 0 Å². The summed E-state index contributed by atoms with van der Waals surface area (Å²) in [5, 5.41) is 73.9. The average molecular weight is 667 g/mol. The fourth-order valence-electron chi connectivity index (χ4n) is 5.22. The van der Waals surface area contributed by atoms with Crippen molar-refractivity contribution in [1.82, 2.24) is 10.6 Å². The molecule has 46 heavy (non-hydrogen) atoms. The number of rotatable bonds is 21. The Morgan fingerprint density at radius 2 is 1.24 bits per heavy atom. The molecule has 9 N–H and O–H groups in total. The minimum atomic E-state index is -1.53. The Morgan fingerprint density at radius 3 is 1.80 bits per heavy atom. The summed E-state index contributed by atoms with van der Waals surface area (Å²) in [5.41, 5.74) is 0. The Labute approximate surface area is 269 Å². The summed E-state index contributed by atoms with van der Waals surface area (Å²) in [6.07, 6.45) is -6.54. The molecular weight excluding hydrogens is 612 g/mol. The molecule has 0 radical (unpaired) electrons. The van der Waals surface area contributed by atoms with Gasteiger partial charge in [-0.1, -0.05) is 6.92 Å². The van der Waals surface area contributed by atoms with Crippen LogP contribution in [-0.4, -0.2) is 148 Å². The van der Waals surface area contributed by atoms with Gasteiger partial charge in [0.1, 0.15) is 36.6 Å². The SMILES string of the molecule is CC(=O)C(CCCCNC(=O)CCCCOC1OC(CO)C(O)C(C)C1O)NC(=O)CCCCOC1OC(CO)C(O)C(O)C1O. The summed E-state index contributed by atoms with van der Waals surface area (Å²) in [4.78, 5) is 36.5. The number of aliphatic hydroxyl groups is 7. The van der Waals surface area contributed by atoms with E-state index in [1.807, 2.05) is 0 Å². The molecule has 2 rings (SSSR count). The Balaban J connectivity index is 1.52. The molecule has 16 nitrogen and oxygen atoms in total. The summed E-state index contributed by atoms with van der Waals surface area (Å²) < 4.78 is 21.6. The number of hydrogen-bond acceptors (Lipinski definition) is 14. The smallest absolute Gasteiger partial charge is 0.220 e. The summed E-state index contributed by atoms with van der Waals surface area (Å²) in [7, 11) is 0. The average Bonchev–Trinajstić information content (AvgIpc) is 3.03. The first-order valence-corrected chi connectivity index (χ1v) is 16.1. The van der Waals surface area contributed by atoms with Crippen molar-refractivity contribution in [3.8, 4) is 0 Å². The summed E-state index contributed by atoms with van der Waals surface area (Å²) >= 11 is 0. The lowest BCUT2D eigenvalue weighted by Gasteiger charge is -2.40. The first-order valence-electron chi connectivity index (χ1n) is 16.1. The third kappa shape index (κ3) is 13.0. The number of ketones is 1. The lowest BCUT2D eigenvalue weighted by Crippen LogP contribution is -2.59. The van der Waals surface area contributed by atoms with Crippen LogP contribution in [0.2, 0.25) is 0 Å². The van der Waals surface area contributed by atoms with Crippen LogP contribution < -0.4 is 10.6 Å².